The van der Waals surface area contributed by atoms with Crippen molar-refractivity contribution in [2.75, 3.05) is 11.8 Å². The average molecular weight is 390 g/mol. The Morgan fingerprint density at radius 3 is 2.26 bits per heavy atom. The molecule has 144 valence electrons. The van der Waals surface area contributed by atoms with E-state index in [9.17, 15) is 18.0 Å². The Morgan fingerprint density at radius 2 is 1.67 bits per heavy atom. The third kappa shape index (κ3) is 5.82. The summed E-state index contributed by atoms with van der Waals surface area (Å²) in [5.41, 5.74) is 1.29. The highest BCUT2D eigenvalue weighted by atomic mass is 32.2. The van der Waals surface area contributed by atoms with Gasteiger partial charge >= 0.3 is 5.97 Å². The number of amides is 1. The predicted octanol–water partition coefficient (Wildman–Crippen LogP) is 2.55. The van der Waals surface area contributed by atoms with Crippen molar-refractivity contribution in [1.82, 2.24) is 5.32 Å². The van der Waals surface area contributed by atoms with E-state index in [1.54, 1.807) is 30.3 Å². The lowest BCUT2D eigenvalue weighted by Crippen LogP contribution is -2.31. The van der Waals surface area contributed by atoms with Gasteiger partial charge in [0.25, 0.3) is 5.91 Å². The Hall–Kier alpha value is -2.87. The van der Waals surface area contributed by atoms with E-state index in [1.807, 2.05) is 13.8 Å². The zero-order valence-electron chi connectivity index (χ0n) is 15.4. The molecule has 0 fully saturated rings. The molecule has 0 aromatic heterocycles. The highest BCUT2D eigenvalue weighted by Crippen LogP contribution is 2.19. The number of hydrogen-bond acceptors (Lipinski definition) is 5. The number of nitrogens with one attached hydrogen (secondary N) is 2. The maximum atomic E-state index is 12.5. The molecule has 2 N–H and O–H groups in total. The molecule has 0 aliphatic rings. The van der Waals surface area contributed by atoms with Gasteiger partial charge in [-0.25, -0.2) is 13.2 Å². The first kappa shape index (κ1) is 20.4. The Balaban J connectivity index is 2.17. The standard InChI is InChI=1S/C19H22N2O5S/c1-13(2)20-18(22)16-6-4-5-7-17(16)21-27(24,25)12-14-8-10-15(11-9-14)19(23)26-3/h4-11,13,21H,12H2,1-3H3,(H,20,22). The second-order valence-electron chi connectivity index (χ2n) is 6.22. The molecule has 0 aliphatic carbocycles. The quantitative estimate of drug-likeness (QED) is 0.708. The van der Waals surface area contributed by atoms with Crippen molar-refractivity contribution in [3.8, 4) is 0 Å². The van der Waals surface area contributed by atoms with Gasteiger partial charge in [-0.05, 0) is 43.7 Å². The third-order valence-corrected chi connectivity index (χ3v) is 4.83. The highest BCUT2D eigenvalue weighted by molar-refractivity contribution is 7.91. The van der Waals surface area contributed by atoms with Crippen LogP contribution in [0, 0.1) is 0 Å². The zero-order valence-corrected chi connectivity index (χ0v) is 16.2. The summed E-state index contributed by atoms with van der Waals surface area (Å²) >= 11 is 0. The number of esters is 1. The van der Waals surface area contributed by atoms with E-state index in [1.165, 1.54) is 25.3 Å². The van der Waals surface area contributed by atoms with Crippen LogP contribution >= 0.6 is 0 Å². The second kappa shape index (κ2) is 8.68. The largest absolute Gasteiger partial charge is 0.465 e. The first-order chi connectivity index (χ1) is 12.7. The van der Waals surface area contributed by atoms with Crippen LogP contribution in [0.4, 0.5) is 5.69 Å². The van der Waals surface area contributed by atoms with Gasteiger partial charge < -0.3 is 10.1 Å². The van der Waals surface area contributed by atoms with Crippen molar-refractivity contribution in [3.05, 3.63) is 65.2 Å². The van der Waals surface area contributed by atoms with Crippen LogP contribution in [0.5, 0.6) is 0 Å². The van der Waals surface area contributed by atoms with Gasteiger partial charge in [0.1, 0.15) is 0 Å². The lowest BCUT2D eigenvalue weighted by atomic mass is 10.1. The molecule has 2 aromatic carbocycles. The lowest BCUT2D eigenvalue weighted by Gasteiger charge is -2.14. The van der Waals surface area contributed by atoms with E-state index < -0.39 is 16.0 Å². The Labute approximate surface area is 158 Å². The first-order valence-corrected chi connectivity index (χ1v) is 9.94. The maximum Gasteiger partial charge on any atom is 0.337 e. The summed E-state index contributed by atoms with van der Waals surface area (Å²) < 4.78 is 32.1. The molecule has 2 rings (SSSR count). The molecule has 7 nitrogen and oxygen atoms in total. The van der Waals surface area contributed by atoms with E-state index in [-0.39, 0.29) is 29.0 Å². The van der Waals surface area contributed by atoms with Crippen LogP contribution < -0.4 is 10.0 Å². The number of carbonyl (C=O) groups is 2. The van der Waals surface area contributed by atoms with Gasteiger partial charge in [0, 0.05) is 6.04 Å². The number of rotatable bonds is 7. The molecule has 0 radical (unpaired) electrons. The van der Waals surface area contributed by atoms with Crippen LogP contribution in [-0.4, -0.2) is 33.4 Å². The van der Waals surface area contributed by atoms with Crippen LogP contribution in [0.1, 0.15) is 40.1 Å². The topological polar surface area (TPSA) is 102 Å². The summed E-state index contributed by atoms with van der Waals surface area (Å²) in [5, 5.41) is 2.74. The summed E-state index contributed by atoms with van der Waals surface area (Å²) in [6.07, 6.45) is 0. The Morgan fingerprint density at radius 1 is 1.04 bits per heavy atom. The molecule has 0 saturated carbocycles. The van der Waals surface area contributed by atoms with Gasteiger partial charge in [-0.1, -0.05) is 24.3 Å². The number of hydrogen-bond donors (Lipinski definition) is 2. The van der Waals surface area contributed by atoms with Gasteiger partial charge in [0.05, 0.1) is 29.7 Å². The fourth-order valence-corrected chi connectivity index (χ4v) is 3.60. The summed E-state index contributed by atoms with van der Waals surface area (Å²) in [6.45, 7) is 3.64. The number of anilines is 1. The first-order valence-electron chi connectivity index (χ1n) is 8.29. The molecule has 2 aromatic rings. The number of ether oxygens (including phenoxy) is 1. The van der Waals surface area contributed by atoms with Gasteiger partial charge in [-0.2, -0.15) is 0 Å². The molecule has 27 heavy (non-hydrogen) atoms. The minimum absolute atomic E-state index is 0.0736. The monoisotopic (exact) mass is 390 g/mol. The summed E-state index contributed by atoms with van der Waals surface area (Å²) in [7, 11) is -2.48. The molecule has 0 aliphatic heterocycles. The molecular weight excluding hydrogens is 368 g/mol. The number of benzene rings is 2. The summed E-state index contributed by atoms with van der Waals surface area (Å²) in [6, 6.07) is 12.4. The zero-order chi connectivity index (χ0) is 20.0. The van der Waals surface area contributed by atoms with Crippen LogP contribution in [0.2, 0.25) is 0 Å². The number of sulfonamides is 1. The smallest absolute Gasteiger partial charge is 0.337 e. The highest BCUT2D eigenvalue weighted by Gasteiger charge is 2.18. The molecule has 0 saturated heterocycles. The van der Waals surface area contributed by atoms with E-state index in [0.717, 1.165) is 0 Å². The van der Waals surface area contributed by atoms with Crippen molar-refractivity contribution in [1.29, 1.82) is 0 Å². The molecule has 0 spiro atoms. The molecule has 0 unspecified atom stereocenters. The predicted molar refractivity (Wildman–Crippen MR) is 103 cm³/mol. The number of carbonyl (C=O) groups excluding carboxylic acids is 2. The molecule has 8 heteroatoms. The fraction of sp³-hybridized carbons (Fsp3) is 0.263. The summed E-state index contributed by atoms with van der Waals surface area (Å²) in [5.74, 6) is -1.15. The molecular formula is C19H22N2O5S. The molecule has 0 bridgehead atoms. The van der Waals surface area contributed by atoms with Crippen molar-refractivity contribution < 1.29 is 22.7 Å². The van der Waals surface area contributed by atoms with Gasteiger partial charge in [-0.15, -0.1) is 0 Å². The fourth-order valence-electron chi connectivity index (χ4n) is 2.39. The van der Waals surface area contributed by atoms with Crippen molar-refractivity contribution >= 4 is 27.6 Å². The van der Waals surface area contributed by atoms with Crippen molar-refractivity contribution in [2.45, 2.75) is 25.6 Å². The maximum absolute atomic E-state index is 12.5. The molecule has 0 atom stereocenters. The van der Waals surface area contributed by atoms with Crippen LogP contribution in [0.15, 0.2) is 48.5 Å². The van der Waals surface area contributed by atoms with Gasteiger partial charge in [-0.3, -0.25) is 9.52 Å². The lowest BCUT2D eigenvalue weighted by molar-refractivity contribution is 0.0600. The Bertz CT molecular complexity index is 921. The third-order valence-electron chi connectivity index (χ3n) is 3.59. The van der Waals surface area contributed by atoms with Crippen LogP contribution in [0.3, 0.4) is 0 Å². The van der Waals surface area contributed by atoms with E-state index in [4.69, 9.17) is 0 Å². The van der Waals surface area contributed by atoms with Gasteiger partial charge in [0.2, 0.25) is 10.0 Å². The average Bonchev–Trinajstić information content (AvgIpc) is 2.60. The van der Waals surface area contributed by atoms with E-state index in [0.29, 0.717) is 11.1 Å². The molecule has 0 heterocycles. The van der Waals surface area contributed by atoms with E-state index >= 15 is 0 Å². The summed E-state index contributed by atoms with van der Waals surface area (Å²) in [4.78, 5) is 23.7. The number of para-hydroxylation sites is 1. The van der Waals surface area contributed by atoms with Crippen molar-refractivity contribution in [3.63, 3.8) is 0 Å². The van der Waals surface area contributed by atoms with Crippen LogP contribution in [-0.2, 0) is 20.5 Å². The SMILES string of the molecule is COC(=O)c1ccc(CS(=O)(=O)Nc2ccccc2C(=O)NC(C)C)cc1. The number of methoxy groups -OCH3 is 1. The normalized spacial score (nSPS) is 11.1. The van der Waals surface area contributed by atoms with Crippen LogP contribution in [0.25, 0.3) is 0 Å². The minimum Gasteiger partial charge on any atom is -0.465 e. The van der Waals surface area contributed by atoms with Gasteiger partial charge in [0.15, 0.2) is 0 Å². The minimum atomic E-state index is -3.76. The van der Waals surface area contributed by atoms with Crippen molar-refractivity contribution in [2.24, 2.45) is 0 Å². The Kier molecular flexibility index (Phi) is 6.57. The van der Waals surface area contributed by atoms with E-state index in [2.05, 4.69) is 14.8 Å². The second-order valence-corrected chi connectivity index (χ2v) is 7.95. The molecule has 1 amide bonds.